The standard InChI is InChI=1S/C10H6ClN5O2/c11-8-6-15(14-10(8)16(17)18)5-7-2-1-3-13-9(7)4-12/h1-3,6H,5H2. The predicted molar refractivity (Wildman–Crippen MR) is 61.9 cm³/mol. The van der Waals surface area contributed by atoms with Gasteiger partial charge in [0, 0.05) is 11.8 Å². The summed E-state index contributed by atoms with van der Waals surface area (Å²) >= 11 is 5.67. The average molecular weight is 264 g/mol. The van der Waals surface area contributed by atoms with Crippen LogP contribution in [0.2, 0.25) is 5.02 Å². The summed E-state index contributed by atoms with van der Waals surface area (Å²) in [7, 11) is 0. The summed E-state index contributed by atoms with van der Waals surface area (Å²) in [6.07, 6.45) is 2.84. The van der Waals surface area contributed by atoms with E-state index in [1.54, 1.807) is 12.1 Å². The van der Waals surface area contributed by atoms with E-state index in [4.69, 9.17) is 16.9 Å². The fourth-order valence-electron chi connectivity index (χ4n) is 1.43. The number of aromatic nitrogens is 3. The summed E-state index contributed by atoms with van der Waals surface area (Å²) in [5.41, 5.74) is 0.876. The van der Waals surface area contributed by atoms with Crippen LogP contribution in [0.4, 0.5) is 5.82 Å². The molecule has 0 fully saturated rings. The van der Waals surface area contributed by atoms with Crippen LogP contribution in [-0.4, -0.2) is 19.7 Å². The summed E-state index contributed by atoms with van der Waals surface area (Å²) < 4.78 is 1.30. The lowest BCUT2D eigenvalue weighted by atomic mass is 10.2. The Hall–Kier alpha value is -2.46. The van der Waals surface area contributed by atoms with Crippen molar-refractivity contribution in [1.82, 2.24) is 14.8 Å². The second-order valence-electron chi connectivity index (χ2n) is 3.38. The van der Waals surface area contributed by atoms with Gasteiger partial charge >= 0.3 is 5.82 Å². The maximum atomic E-state index is 10.6. The van der Waals surface area contributed by atoms with Gasteiger partial charge in [0.1, 0.15) is 11.8 Å². The van der Waals surface area contributed by atoms with Crippen molar-refractivity contribution in [3.05, 3.63) is 50.9 Å². The first-order valence-electron chi connectivity index (χ1n) is 4.83. The highest BCUT2D eigenvalue weighted by atomic mass is 35.5. The zero-order valence-corrected chi connectivity index (χ0v) is 9.70. The van der Waals surface area contributed by atoms with Gasteiger partial charge in [-0.05, 0) is 11.0 Å². The van der Waals surface area contributed by atoms with Gasteiger partial charge in [-0.2, -0.15) is 9.94 Å². The molecule has 2 heterocycles. The number of nitrogens with zero attached hydrogens (tertiary/aromatic N) is 5. The minimum atomic E-state index is -0.659. The molecule has 0 amide bonds. The van der Waals surface area contributed by atoms with Gasteiger partial charge in [-0.25, -0.2) is 4.98 Å². The molecule has 2 aromatic heterocycles. The molecule has 0 atom stereocenters. The van der Waals surface area contributed by atoms with E-state index in [2.05, 4.69) is 10.1 Å². The van der Waals surface area contributed by atoms with Gasteiger partial charge in [-0.1, -0.05) is 17.7 Å². The number of halogens is 1. The Bertz CT molecular complexity index is 646. The summed E-state index contributed by atoms with van der Waals surface area (Å²) in [5.74, 6) is -0.404. The summed E-state index contributed by atoms with van der Waals surface area (Å²) in [5, 5.41) is 23.1. The predicted octanol–water partition coefficient (Wildman–Crippen LogP) is 1.76. The van der Waals surface area contributed by atoms with Gasteiger partial charge in [0.15, 0.2) is 5.02 Å². The first-order chi connectivity index (χ1) is 8.61. The molecule has 2 rings (SSSR count). The number of pyridine rings is 1. The normalized spacial score (nSPS) is 10.0. The monoisotopic (exact) mass is 263 g/mol. The van der Waals surface area contributed by atoms with Crippen LogP contribution >= 0.6 is 11.6 Å². The Balaban J connectivity index is 2.32. The molecule has 0 aliphatic rings. The lowest BCUT2D eigenvalue weighted by Gasteiger charge is -1.99. The van der Waals surface area contributed by atoms with Crippen LogP contribution < -0.4 is 0 Å². The molecular formula is C10H6ClN5O2. The van der Waals surface area contributed by atoms with Crippen molar-refractivity contribution < 1.29 is 4.92 Å². The molecule has 0 bridgehead atoms. The molecule has 0 spiro atoms. The molecule has 0 radical (unpaired) electrons. The lowest BCUT2D eigenvalue weighted by molar-refractivity contribution is -0.389. The van der Waals surface area contributed by atoms with Crippen LogP contribution in [-0.2, 0) is 6.54 Å². The van der Waals surface area contributed by atoms with E-state index in [1.807, 2.05) is 6.07 Å². The molecule has 0 aliphatic carbocycles. The molecular weight excluding hydrogens is 258 g/mol. The van der Waals surface area contributed by atoms with E-state index in [-0.39, 0.29) is 17.3 Å². The van der Waals surface area contributed by atoms with Crippen molar-refractivity contribution in [2.75, 3.05) is 0 Å². The highest BCUT2D eigenvalue weighted by molar-refractivity contribution is 6.32. The third kappa shape index (κ3) is 2.28. The Labute approximate surface area is 106 Å². The van der Waals surface area contributed by atoms with Gasteiger partial charge in [0.05, 0.1) is 17.8 Å². The van der Waals surface area contributed by atoms with Crippen LogP contribution in [0.3, 0.4) is 0 Å². The van der Waals surface area contributed by atoms with Crippen molar-refractivity contribution in [3.8, 4) is 6.07 Å². The number of nitriles is 1. The molecule has 7 nitrogen and oxygen atoms in total. The smallest absolute Gasteiger partial charge is 0.358 e. The average Bonchev–Trinajstić information content (AvgIpc) is 2.71. The van der Waals surface area contributed by atoms with Gasteiger partial charge < -0.3 is 10.1 Å². The van der Waals surface area contributed by atoms with Crippen molar-refractivity contribution in [2.24, 2.45) is 0 Å². The number of rotatable bonds is 3. The molecule has 0 aliphatic heterocycles. The van der Waals surface area contributed by atoms with Crippen molar-refractivity contribution >= 4 is 17.4 Å². The molecule has 8 heteroatoms. The fourth-order valence-corrected chi connectivity index (χ4v) is 1.65. The third-order valence-corrected chi connectivity index (χ3v) is 2.47. The number of hydrogen-bond donors (Lipinski definition) is 0. The highest BCUT2D eigenvalue weighted by Gasteiger charge is 2.19. The zero-order valence-electron chi connectivity index (χ0n) is 8.95. The minimum absolute atomic E-state index is 0.0394. The molecule has 0 N–H and O–H groups in total. The van der Waals surface area contributed by atoms with Crippen molar-refractivity contribution in [2.45, 2.75) is 6.54 Å². The molecule has 90 valence electrons. The van der Waals surface area contributed by atoms with Crippen LogP contribution in [0.1, 0.15) is 11.3 Å². The van der Waals surface area contributed by atoms with Crippen LogP contribution in [0.15, 0.2) is 24.5 Å². The first kappa shape index (κ1) is 12.0. The fraction of sp³-hybridized carbons (Fsp3) is 0.100. The molecule has 0 saturated carbocycles. The van der Waals surface area contributed by atoms with E-state index in [9.17, 15) is 10.1 Å². The minimum Gasteiger partial charge on any atom is -0.358 e. The van der Waals surface area contributed by atoms with Crippen molar-refractivity contribution in [3.63, 3.8) is 0 Å². The second kappa shape index (κ2) is 4.81. The largest absolute Gasteiger partial charge is 0.408 e. The quantitative estimate of drug-likeness (QED) is 0.621. The SMILES string of the molecule is N#Cc1ncccc1Cn1cc(Cl)c([N+](=O)[O-])n1. The molecule has 2 aromatic rings. The van der Waals surface area contributed by atoms with Gasteiger partial charge in [-0.3, -0.25) is 0 Å². The molecule has 18 heavy (non-hydrogen) atoms. The second-order valence-corrected chi connectivity index (χ2v) is 3.79. The zero-order chi connectivity index (χ0) is 13.1. The highest BCUT2D eigenvalue weighted by Crippen LogP contribution is 2.22. The Morgan fingerprint density at radius 2 is 2.39 bits per heavy atom. The Morgan fingerprint density at radius 1 is 1.61 bits per heavy atom. The summed E-state index contributed by atoms with van der Waals surface area (Å²) in [6, 6.07) is 5.32. The first-order valence-corrected chi connectivity index (χ1v) is 5.21. The third-order valence-electron chi connectivity index (χ3n) is 2.20. The van der Waals surface area contributed by atoms with E-state index >= 15 is 0 Å². The van der Waals surface area contributed by atoms with Gasteiger partial charge in [0.25, 0.3) is 0 Å². The molecule has 0 saturated heterocycles. The van der Waals surface area contributed by atoms with Gasteiger partial charge in [0.2, 0.25) is 0 Å². The van der Waals surface area contributed by atoms with Crippen LogP contribution in [0.5, 0.6) is 0 Å². The number of hydrogen-bond acceptors (Lipinski definition) is 5. The van der Waals surface area contributed by atoms with Crippen molar-refractivity contribution in [1.29, 1.82) is 5.26 Å². The van der Waals surface area contributed by atoms with Gasteiger partial charge in [-0.15, -0.1) is 0 Å². The maximum Gasteiger partial charge on any atom is 0.408 e. The number of nitro groups is 1. The molecule has 0 aromatic carbocycles. The van der Waals surface area contributed by atoms with E-state index < -0.39 is 10.7 Å². The van der Waals surface area contributed by atoms with Crippen LogP contribution in [0, 0.1) is 21.4 Å². The van der Waals surface area contributed by atoms with Crippen LogP contribution in [0.25, 0.3) is 0 Å². The summed E-state index contributed by atoms with van der Waals surface area (Å²) in [6.45, 7) is 0.199. The summed E-state index contributed by atoms with van der Waals surface area (Å²) in [4.78, 5) is 13.8. The maximum absolute atomic E-state index is 10.6. The Kier molecular flexibility index (Phi) is 3.21. The topological polar surface area (TPSA) is 97.6 Å². The molecule has 0 unspecified atom stereocenters. The van der Waals surface area contributed by atoms with E-state index in [0.717, 1.165) is 0 Å². The lowest BCUT2D eigenvalue weighted by Crippen LogP contribution is -2.04. The Morgan fingerprint density at radius 3 is 3.00 bits per heavy atom. The van der Waals surface area contributed by atoms with E-state index in [0.29, 0.717) is 5.56 Å². The van der Waals surface area contributed by atoms with E-state index in [1.165, 1.54) is 17.1 Å².